The van der Waals surface area contributed by atoms with Crippen molar-refractivity contribution < 1.29 is 86.6 Å². The summed E-state index contributed by atoms with van der Waals surface area (Å²) in [6, 6.07) is 39.8. The molecule has 17 aromatic rings. The number of ether oxygens (including phenoxy) is 1. The first kappa shape index (κ1) is 36.6. The molecule has 0 amide bonds. The summed E-state index contributed by atoms with van der Waals surface area (Å²) in [5.74, 6) is 0.0863. The quantitative estimate of drug-likeness (QED) is 0.0418. The topological polar surface area (TPSA) is 35.9 Å². The second-order valence-electron chi connectivity index (χ2n) is 25.2. The smallest absolute Gasteiger partial charge is 0.268 e. The average Bonchev–Trinajstić information content (AvgIpc) is 0.701. The van der Waals surface area contributed by atoms with E-state index in [4.69, 9.17) is 22.1 Å². The van der Waals surface area contributed by atoms with Gasteiger partial charge in [-0.2, -0.15) is 18.2 Å². The third-order valence-corrected chi connectivity index (χ3v) is 27.9. The molecule has 0 aliphatic heterocycles. The van der Waals surface area contributed by atoms with Gasteiger partial charge in [-0.05, 0) is 140 Å². The normalized spacial score (nSPS) is 20.3. The first-order valence-electron chi connectivity index (χ1n) is 53.9. The average molecular weight is 1630 g/mol. The Morgan fingerprint density at radius 2 is 1.00 bits per heavy atom. The van der Waals surface area contributed by atoms with Gasteiger partial charge in [0, 0.05) is 75.9 Å². The number of fused-ring (bicyclic) bond motifs is 5. The van der Waals surface area contributed by atoms with Crippen LogP contribution in [-0.4, -0.2) is 30.3 Å². The number of para-hydroxylation sites is 4. The van der Waals surface area contributed by atoms with Crippen molar-refractivity contribution in [2.45, 2.75) is 57.8 Å². The Hall–Kier alpha value is -11.6. The van der Waals surface area contributed by atoms with Crippen LogP contribution in [0.5, 0.6) is 11.5 Å². The number of rotatable bonds is 16. The summed E-state index contributed by atoms with van der Waals surface area (Å²) in [5, 5.41) is 0.370. The molecule has 3 aromatic heterocycles. The van der Waals surface area contributed by atoms with Crippen molar-refractivity contribution in [2.75, 3.05) is 0 Å². The molecule has 8 heteroatoms. The number of nitrogens with zero attached hydrogens (tertiary/aromatic N) is 4. The molecule has 3 heterocycles. The predicted molar refractivity (Wildman–Crippen MR) is 444 cm³/mol. The molecule has 18 rings (SSSR count). The van der Waals surface area contributed by atoms with Crippen LogP contribution in [-0.2, 0) is 31.9 Å². The number of imidazole rings is 1. The van der Waals surface area contributed by atoms with Crippen LogP contribution in [0.15, 0.2) is 358 Å². The molecule has 0 radical (unpaired) electrons. The van der Waals surface area contributed by atoms with Crippen LogP contribution in [0.1, 0.15) is 113 Å². The molecular weight excluding hydrogens is 1510 g/mol. The fourth-order valence-electron chi connectivity index (χ4n) is 14.4. The fraction of sp³-hybridized carbons (Fsp3) is 0.0909. The largest absolute Gasteiger partial charge is 0.510 e. The van der Waals surface area contributed by atoms with E-state index < -0.39 is 267 Å². The van der Waals surface area contributed by atoms with Crippen molar-refractivity contribution in [3.63, 3.8) is 0 Å². The summed E-state index contributed by atoms with van der Waals surface area (Å²) in [5.41, 5.74) is -16.5. The Labute approximate surface area is 701 Å². The number of pyridine rings is 1. The van der Waals surface area contributed by atoms with Gasteiger partial charge in [-0.3, -0.25) is 4.57 Å². The maximum Gasteiger partial charge on any atom is 0.268 e. The molecule has 14 aromatic carbocycles. The number of hydrogen-bond acceptors (Lipinski definition) is 2. The van der Waals surface area contributed by atoms with Gasteiger partial charge in [-0.25, -0.2) is 4.98 Å². The summed E-state index contributed by atoms with van der Waals surface area (Å²) in [6.07, 6.45) is -5.01. The van der Waals surface area contributed by atoms with Crippen LogP contribution >= 0.6 is 0 Å². The van der Waals surface area contributed by atoms with Crippen molar-refractivity contribution in [1.29, 1.82) is 0 Å². The zero-order valence-corrected chi connectivity index (χ0v) is 60.1. The number of aryl methyl sites for hydroxylation is 1. The summed E-state index contributed by atoms with van der Waals surface area (Å²) in [4.78, 5) is 5.08. The Bertz CT molecular complexity index is 7990. The minimum atomic E-state index is -6.76. The summed E-state index contributed by atoms with van der Waals surface area (Å²) >= 11 is 0. The maximum absolute atomic E-state index is 11.1. The Morgan fingerprint density at radius 1 is 0.449 bits per heavy atom. The van der Waals surface area contributed by atoms with E-state index in [0.717, 1.165) is 43.5 Å². The summed E-state index contributed by atoms with van der Waals surface area (Å²) in [7, 11) is -9.94. The van der Waals surface area contributed by atoms with E-state index in [1.165, 1.54) is 59.3 Å². The first-order chi connectivity index (χ1) is 68.9. The molecular formula is C99H78N4OPtSi2-2. The van der Waals surface area contributed by atoms with E-state index in [9.17, 15) is 43.9 Å². The van der Waals surface area contributed by atoms with Gasteiger partial charge < -0.3 is 13.9 Å². The van der Waals surface area contributed by atoms with Gasteiger partial charge in [0.15, 0.2) is 16.1 Å². The first-order valence-corrected chi connectivity index (χ1v) is 37.4. The minimum Gasteiger partial charge on any atom is -0.510 e. The SMILES string of the molecule is [2H]c1c([2H])c([2H])c([Si](c2c([2H])c([2H])c([2H])c([2H])c2[2H])(c2c([2H])c([2H])c([2H])c([2H])c2[2H])c2c([2H])c([2H])c([2H])c(-c3cccc(-c4c([2H])c([2H])c5c(c4[2H])C(C([2H])([2H])[2H])(C([2H])([2H])[2H])C([2H])([2H])C([2H])([2H])C5(C([2H])([2H])[2H])C([2H])([2H])[2H])c3-[n+]3[c-]n(-c4[c-]c(Oc5[c-]c6c(cc5)c5ccccc5n6-c5cc(C([2H])([2H])[2H])c(-c6cccc([Si](c7ccccc7)(c7ccccc7)c7ccccc7)c6)cn5)ccc4)c4ccccc43)c2[2H])c([2H])c1[2H].[Pt]. The van der Waals surface area contributed by atoms with E-state index in [-0.39, 0.29) is 60.7 Å². The maximum atomic E-state index is 11.1. The molecule has 107 heavy (non-hydrogen) atoms. The van der Waals surface area contributed by atoms with Gasteiger partial charge in [0.2, 0.25) is 0 Å². The number of benzene rings is 14. The van der Waals surface area contributed by atoms with Gasteiger partial charge in [0.25, 0.3) is 6.33 Å². The van der Waals surface area contributed by atoms with Crippen LogP contribution in [0, 0.1) is 25.3 Å². The van der Waals surface area contributed by atoms with Gasteiger partial charge >= 0.3 is 0 Å². The monoisotopic (exact) mass is 1630 g/mol. The zero-order valence-electron chi connectivity index (χ0n) is 96.9. The van der Waals surface area contributed by atoms with Crippen molar-refractivity contribution in [3.8, 4) is 62.1 Å². The Kier molecular flexibility index (Phi) is 9.60. The summed E-state index contributed by atoms with van der Waals surface area (Å²) in [6.45, 7) is -21.1. The van der Waals surface area contributed by atoms with Gasteiger partial charge in [0.05, 0.1) is 46.9 Å². The minimum absolute atomic E-state index is 0. The summed E-state index contributed by atoms with van der Waals surface area (Å²) < 4.78 is 402. The van der Waals surface area contributed by atoms with Crippen LogP contribution in [0.3, 0.4) is 0 Å². The second-order valence-corrected chi connectivity index (χ2v) is 32.5. The third kappa shape index (κ3) is 11.9. The van der Waals surface area contributed by atoms with Crippen LogP contribution < -0.4 is 50.8 Å². The van der Waals surface area contributed by atoms with Crippen LogP contribution in [0.2, 0.25) is 0 Å². The molecule has 5 nitrogen and oxygen atoms in total. The van der Waals surface area contributed by atoms with E-state index >= 15 is 0 Å². The van der Waals surface area contributed by atoms with E-state index in [1.807, 2.05) is 91.0 Å². The number of aromatic nitrogens is 4. The van der Waals surface area contributed by atoms with Crippen molar-refractivity contribution in [2.24, 2.45) is 0 Å². The van der Waals surface area contributed by atoms with E-state index in [2.05, 4.69) is 60.9 Å². The van der Waals surface area contributed by atoms with Crippen molar-refractivity contribution in [1.82, 2.24) is 14.1 Å². The predicted octanol–water partition coefficient (Wildman–Crippen LogP) is 18.0. The second kappa shape index (κ2) is 28.0. The molecule has 0 saturated heterocycles. The molecule has 0 fully saturated rings. The molecule has 0 bridgehead atoms. The Balaban J connectivity index is 0.0000149. The Morgan fingerprint density at radius 3 is 1.64 bits per heavy atom. The number of hydrogen-bond donors (Lipinski definition) is 0. The molecule has 0 N–H and O–H groups in total. The molecule has 1 aliphatic carbocycles. The third-order valence-electron chi connectivity index (χ3n) is 19.1. The molecule has 520 valence electrons. The fourth-order valence-corrected chi connectivity index (χ4v) is 22.8. The van der Waals surface area contributed by atoms with Gasteiger partial charge in [-0.15, -0.1) is 29.7 Å². The van der Waals surface area contributed by atoms with Crippen LogP contribution in [0.4, 0.5) is 0 Å². The van der Waals surface area contributed by atoms with Crippen LogP contribution in [0.25, 0.3) is 83.4 Å². The van der Waals surface area contributed by atoms with Gasteiger partial charge in [0.1, 0.15) is 5.82 Å². The molecule has 0 saturated carbocycles. The van der Waals surface area contributed by atoms with Crippen molar-refractivity contribution >= 4 is 90.5 Å². The van der Waals surface area contributed by atoms with E-state index in [0.29, 0.717) is 32.9 Å². The standard InChI is InChI=1S/C99H78N4OSi2.Pt/c1-70-62-96(100-68-89(70)72-33-29-49-84(64-72)106(80-42-18-9-19-43-80,81-44-20-10-21-45-81)82-46-22-11-23-47-82)103-92-53-25-24-50-87(92)88-58-57-76(67-95(88)103)104-75-35-30-34-74(66-75)101-69-102(94-55-27-26-54-93(94)101)97-85(51-31-52-86(97)73-56-59-90-91(65-73)99(4,5)61-60-98(90,2)3)71-32-28-48-83(63-71)105(77-36-12-6-13-37-77,78-38-14-7-15-39-78)79-40-16-8-17-41-79;/h6-59,62-65,68H,60-61H2,1-5H3;/q-2;/i1D3,2D3,3D3,4D3,5D3,6D,7D,8D,12D,13D,14D,15D,16D,17D,28D,32D,36D,37D,38D,39D,40D,41D,48D,56D,59D,60D2,61D2,63D,65D;. The molecule has 0 atom stereocenters. The van der Waals surface area contributed by atoms with Gasteiger partial charge in [-0.1, -0.05) is 342 Å². The van der Waals surface area contributed by atoms with Crippen molar-refractivity contribution in [3.05, 3.63) is 393 Å². The molecule has 0 unspecified atom stereocenters. The molecule has 0 spiro atoms. The molecule has 1 aliphatic rings. The zero-order chi connectivity index (χ0) is 107. The van der Waals surface area contributed by atoms with E-state index in [1.54, 1.807) is 22.8 Å².